The molecule has 0 N–H and O–H groups in total. The number of nitrogens with zero attached hydrogens (tertiary/aromatic N) is 6. The maximum atomic E-state index is 15.4. The van der Waals surface area contributed by atoms with E-state index in [9.17, 15) is 41.9 Å². The number of hydrogen-bond donors (Lipinski definition) is 0. The summed E-state index contributed by atoms with van der Waals surface area (Å²) in [5.74, 6) is 1.31. The van der Waals surface area contributed by atoms with E-state index in [0.29, 0.717) is 187 Å². The lowest BCUT2D eigenvalue weighted by molar-refractivity contribution is -0.135. The van der Waals surface area contributed by atoms with Gasteiger partial charge in [0.25, 0.3) is 0 Å². The van der Waals surface area contributed by atoms with E-state index in [0.717, 1.165) is 124 Å². The van der Waals surface area contributed by atoms with Crippen LogP contribution in [0.25, 0.3) is 32.7 Å². The molecule has 9 aromatic carbocycles. The minimum absolute atomic E-state index is 0.00714. The van der Waals surface area contributed by atoms with E-state index in [2.05, 4.69) is 29.7 Å². The lowest BCUT2D eigenvalue weighted by atomic mass is 9.79. The Morgan fingerprint density at radius 2 is 0.622 bits per heavy atom. The molecule has 0 spiro atoms. The number of morpholine rings is 3. The highest BCUT2D eigenvalue weighted by molar-refractivity contribution is 6.13. The monoisotopic (exact) mass is 1950 g/mol. The van der Waals surface area contributed by atoms with Crippen molar-refractivity contribution in [2.75, 3.05) is 113 Å². The second kappa shape index (κ2) is 43.5. The number of methoxy groups -OCH3 is 3. The van der Waals surface area contributed by atoms with Crippen LogP contribution in [0.15, 0.2) is 201 Å². The van der Waals surface area contributed by atoms with Crippen molar-refractivity contribution in [3.63, 3.8) is 0 Å². The maximum absolute atomic E-state index is 15.4. The Morgan fingerprint density at radius 1 is 0.322 bits per heavy atom. The Kier molecular flexibility index (Phi) is 30.0. The summed E-state index contributed by atoms with van der Waals surface area (Å²) in [7, 11) is 4.73. The molecule has 30 heteroatoms. The number of halogens is 6. The molecule has 3 saturated heterocycles. The number of carbonyl (C=O) groups excluding carboxylic acids is 6. The second-order valence-corrected chi connectivity index (χ2v) is 38.8. The van der Waals surface area contributed by atoms with Gasteiger partial charge in [0.15, 0.2) is 104 Å². The molecule has 0 radical (unpaired) electrons. The number of rotatable bonds is 38. The van der Waals surface area contributed by atoms with Crippen LogP contribution >= 0.6 is 0 Å². The zero-order chi connectivity index (χ0) is 99.0. The lowest BCUT2D eigenvalue weighted by Gasteiger charge is -2.44. The molecule has 0 amide bonds. The van der Waals surface area contributed by atoms with Gasteiger partial charge < -0.3 is 56.8 Å². The van der Waals surface area contributed by atoms with Crippen molar-refractivity contribution in [1.29, 1.82) is 0 Å². The molecule has 0 bridgehead atoms. The molecule has 0 atom stereocenters. The average molecular weight is 1960 g/mol. The molecule has 9 aliphatic rings. The summed E-state index contributed by atoms with van der Waals surface area (Å²) in [6.45, 7) is 12.2. The summed E-state index contributed by atoms with van der Waals surface area (Å²) in [4.78, 5) is 99.6. The van der Waals surface area contributed by atoms with Gasteiger partial charge in [-0.3, -0.25) is 58.4 Å². The number of hydrogen-bond acceptors (Lipinski definition) is 24. The number of benzene rings is 9. The highest BCUT2D eigenvalue weighted by atomic mass is 19.1. The Labute approximate surface area is 823 Å². The number of aromatic nitrogens is 3. The van der Waals surface area contributed by atoms with Gasteiger partial charge in [-0.05, 0) is 219 Å². The van der Waals surface area contributed by atoms with Crippen LogP contribution in [0.3, 0.4) is 0 Å². The third-order valence-electron chi connectivity index (χ3n) is 29.3. The van der Waals surface area contributed by atoms with Crippen LogP contribution in [-0.4, -0.2) is 202 Å². The molecule has 9 fully saturated rings. The summed E-state index contributed by atoms with van der Waals surface area (Å²) in [6, 6.07) is 47.1. The van der Waals surface area contributed by atoms with Crippen molar-refractivity contribution in [2.45, 2.75) is 140 Å². The smallest absolute Gasteiger partial charge is 0.166 e. The number of carbonyl (C=O) groups is 6. The fourth-order valence-electron chi connectivity index (χ4n) is 20.0. The largest absolute Gasteiger partial charge is 0.493 e. The number of pyridine rings is 3. The second-order valence-electron chi connectivity index (χ2n) is 38.8. The first-order valence-electron chi connectivity index (χ1n) is 49.0. The van der Waals surface area contributed by atoms with Crippen LogP contribution < -0.4 is 42.6 Å². The van der Waals surface area contributed by atoms with Crippen LogP contribution in [0.2, 0.25) is 0 Å². The van der Waals surface area contributed by atoms with Gasteiger partial charge in [0.1, 0.15) is 40.8 Å². The van der Waals surface area contributed by atoms with Gasteiger partial charge in [-0.2, -0.15) is 0 Å². The van der Waals surface area contributed by atoms with E-state index in [-0.39, 0.29) is 120 Å². The average Bonchev–Trinajstić information content (AvgIpc) is 1.49. The Balaban J connectivity index is 0.000000136. The summed E-state index contributed by atoms with van der Waals surface area (Å²) < 4.78 is 156. The fraction of sp³-hybridized carbons (Fsp3) is 0.389. The van der Waals surface area contributed by atoms with Crippen LogP contribution in [0, 0.1) is 63.0 Å². The van der Waals surface area contributed by atoms with Crippen molar-refractivity contribution in [2.24, 2.45) is 28.1 Å². The maximum Gasteiger partial charge on any atom is 0.166 e. The molecule has 3 aromatic heterocycles. The standard InChI is InChI=1S/2C38H38F2N2O6.C37H36F2N2O6/c1-45-34-21-29-31(22-35(34)47-23-26-16-28(17-26)42-12-14-46-15-13-42)41-11-8-32(29)48-33-7-4-25(18-30(33)40)20-37(44)38(9-10-38)36(43)19-24-2-5-27(39)6-3-24;1-45-34-21-29-31(22-35(34)47-28-16-26(17-28)23-42-12-14-46-15-13-42)41-11-8-32(29)48-33-7-4-25(18-30(33)40)20-37(44)38(9-10-38)36(43)19-24-2-5-27(39)6-3-24;1-44-33-21-28-30(22-34(33)46-27-19-26(20-27)41-12-14-45-15-13-41)40-11-8-31(28)47-32-7-4-24(16-29(32)39)18-36(43)37(9-10-37)35(42)17-23-2-5-25(38)6-3-23/h2*2-8,11,18,21-22,26,28H,9-10,12-17,19-20,23H2,1H3;2-8,11,16,21-22,26-27H,9-10,12-15,17-20H2,1H3. The van der Waals surface area contributed by atoms with Gasteiger partial charge in [-0.1, -0.05) is 54.6 Å². The molecule has 12 aromatic rings. The van der Waals surface area contributed by atoms with Crippen molar-refractivity contribution in [3.8, 4) is 69.0 Å². The summed E-state index contributed by atoms with van der Waals surface area (Å²) >= 11 is 0. The van der Waals surface area contributed by atoms with Crippen LogP contribution in [-0.2, 0) is 81.5 Å². The predicted octanol–water partition coefficient (Wildman–Crippen LogP) is 19.3. The van der Waals surface area contributed by atoms with E-state index < -0.39 is 33.7 Å². The van der Waals surface area contributed by atoms with Crippen molar-refractivity contribution in [1.82, 2.24) is 29.7 Å². The summed E-state index contributed by atoms with van der Waals surface area (Å²) in [6.07, 6.45) is 13.8. The van der Waals surface area contributed by atoms with E-state index in [1.165, 1.54) is 72.8 Å². The molecule has 744 valence electrons. The van der Waals surface area contributed by atoms with Crippen molar-refractivity contribution >= 4 is 67.4 Å². The first-order chi connectivity index (χ1) is 69.4. The highest BCUT2D eigenvalue weighted by Gasteiger charge is 2.57. The minimum atomic E-state index is -1.05. The predicted molar refractivity (Wildman–Crippen MR) is 519 cm³/mol. The van der Waals surface area contributed by atoms with Gasteiger partial charge >= 0.3 is 0 Å². The Bertz CT molecular complexity index is 6690. The SMILES string of the molecule is COc1cc2c(Oc3ccc(CC(=O)C4(C(=O)Cc5ccc(F)cc5)CC4)cc3F)ccnc2cc1OC1CC(CN2CCOCC2)C1.COc1cc2c(Oc3ccc(CC(=O)C4(C(=O)Cc5ccc(F)cc5)CC4)cc3F)ccnc2cc1OC1CC(N2CCOCC2)C1.COc1cc2c(Oc3ccc(CC(=O)C4(C(=O)Cc5ccc(F)cc5)CC4)cc3F)ccnc2cc1OCC1CC(N2CCOCC2)C1. The van der Waals surface area contributed by atoms with E-state index in [1.807, 2.05) is 18.2 Å². The van der Waals surface area contributed by atoms with Gasteiger partial charge in [0.05, 0.1) is 106 Å². The molecule has 24 nitrogen and oxygen atoms in total. The minimum Gasteiger partial charge on any atom is -0.493 e. The molecule has 6 saturated carbocycles. The van der Waals surface area contributed by atoms with E-state index in [4.69, 9.17) is 56.8 Å². The third kappa shape index (κ3) is 23.0. The summed E-state index contributed by atoms with van der Waals surface area (Å²) in [5, 5.41) is 1.90. The molecule has 0 unspecified atom stereocenters. The Hall–Kier alpha value is -13.2. The van der Waals surface area contributed by atoms with Crippen molar-refractivity contribution in [3.05, 3.63) is 269 Å². The molecule has 21 rings (SSSR count). The fourth-order valence-corrected chi connectivity index (χ4v) is 20.0. The number of ketones is 6. The third-order valence-corrected chi connectivity index (χ3v) is 29.3. The zero-order valence-electron chi connectivity index (χ0n) is 79.9. The zero-order valence-corrected chi connectivity index (χ0v) is 79.9. The molecular formula is C113H112F6N6O18. The van der Waals surface area contributed by atoms with Crippen molar-refractivity contribution < 1.29 is 112 Å². The first kappa shape index (κ1) is 98.5. The molecular weight excluding hydrogens is 1840 g/mol. The first-order valence-corrected chi connectivity index (χ1v) is 49.0. The molecule has 143 heavy (non-hydrogen) atoms. The van der Waals surface area contributed by atoms with Gasteiger partial charge in [-0.15, -0.1) is 0 Å². The number of ether oxygens (including phenoxy) is 12. The summed E-state index contributed by atoms with van der Waals surface area (Å²) in [5.41, 5.74) is 2.02. The molecule has 3 aliphatic heterocycles. The van der Waals surface area contributed by atoms with Gasteiger partial charge in [-0.25, -0.2) is 26.3 Å². The number of fused-ring (bicyclic) bond motifs is 3. The van der Waals surface area contributed by atoms with Crippen LogP contribution in [0.5, 0.6) is 69.0 Å². The topological polar surface area (TPSA) is 262 Å². The van der Waals surface area contributed by atoms with E-state index in [1.54, 1.807) is 131 Å². The molecule has 6 heterocycles. The quantitative estimate of drug-likeness (QED) is 0.0257. The lowest BCUT2D eigenvalue weighted by Crippen LogP contribution is -2.52. The Morgan fingerprint density at radius 3 is 0.951 bits per heavy atom. The molecule has 6 aliphatic carbocycles. The van der Waals surface area contributed by atoms with Crippen LogP contribution in [0.4, 0.5) is 26.3 Å². The normalized spacial score (nSPS) is 20.2. The number of Topliss-reactive ketones (excluding diaryl/α,β-unsaturated/α-hetero) is 6. The highest BCUT2D eigenvalue weighted by Crippen LogP contribution is 2.53. The van der Waals surface area contributed by atoms with E-state index >= 15 is 13.2 Å². The van der Waals surface area contributed by atoms with Crippen LogP contribution in [0.1, 0.15) is 110 Å². The van der Waals surface area contributed by atoms with Gasteiger partial charge in [0.2, 0.25) is 0 Å². The van der Waals surface area contributed by atoms with Gasteiger partial charge in [0, 0.05) is 162 Å².